The van der Waals surface area contributed by atoms with Crippen molar-refractivity contribution in [3.05, 3.63) is 36.7 Å². The van der Waals surface area contributed by atoms with Crippen molar-refractivity contribution in [2.75, 3.05) is 41.0 Å². The average molecular weight is 394 g/mol. The van der Waals surface area contributed by atoms with Gasteiger partial charge in [-0.05, 0) is 25.3 Å². The first-order valence-corrected chi connectivity index (χ1v) is 9.35. The number of hydrogen-bond donors (Lipinski definition) is 1. The van der Waals surface area contributed by atoms with Crippen LogP contribution in [0.5, 0.6) is 5.75 Å². The lowest BCUT2D eigenvalue weighted by molar-refractivity contribution is -0.237. The fourth-order valence-electron chi connectivity index (χ4n) is 3.31. The highest BCUT2D eigenvalue weighted by Crippen LogP contribution is 2.37. The topological polar surface area (TPSA) is 90.4 Å². The second-order valence-corrected chi connectivity index (χ2v) is 6.62. The summed E-state index contributed by atoms with van der Waals surface area (Å²) in [4.78, 5) is 18.6. The molecule has 0 bridgehead atoms. The van der Waals surface area contributed by atoms with Crippen molar-refractivity contribution in [2.45, 2.75) is 37.3 Å². The number of rotatable bonds is 14. The number of aromatic nitrogens is 1. The third-order valence-electron chi connectivity index (χ3n) is 4.72. The van der Waals surface area contributed by atoms with Gasteiger partial charge in [-0.25, -0.2) is 0 Å². The van der Waals surface area contributed by atoms with Gasteiger partial charge in [-0.1, -0.05) is 6.08 Å². The molecule has 1 N–H and O–H groups in total. The van der Waals surface area contributed by atoms with Crippen LogP contribution in [0, 0.1) is 0 Å². The summed E-state index contributed by atoms with van der Waals surface area (Å²) in [5, 5.41) is 9.83. The Balaban J connectivity index is 2.09. The summed E-state index contributed by atoms with van der Waals surface area (Å²) < 4.78 is 21.6. The molecule has 156 valence electrons. The second-order valence-electron chi connectivity index (χ2n) is 6.62. The van der Waals surface area contributed by atoms with Gasteiger partial charge >= 0.3 is 0 Å². The van der Waals surface area contributed by atoms with E-state index in [2.05, 4.69) is 11.6 Å². The molecule has 0 saturated carbocycles. The Bertz CT molecular complexity index is 641. The number of unbranched alkanes of at least 4 members (excludes halogenated alkanes) is 2. The number of allylic oxidation sites excluding steroid dienone is 1. The number of nitrogens with zero attached hydrogens (tertiary/aromatic N) is 2. The van der Waals surface area contributed by atoms with Crippen molar-refractivity contribution in [3.63, 3.8) is 0 Å². The molecule has 0 unspecified atom stereocenters. The minimum absolute atomic E-state index is 0.0669. The van der Waals surface area contributed by atoms with E-state index >= 15 is 0 Å². The number of carbonyl (C=O) groups excluding carboxylic acids is 1. The highest BCUT2D eigenvalue weighted by Gasteiger charge is 2.62. The lowest BCUT2D eigenvalue weighted by Gasteiger charge is -2.54. The fraction of sp³-hybridized carbons (Fsp3) is 0.600. The Morgan fingerprint density at radius 1 is 1.36 bits per heavy atom. The van der Waals surface area contributed by atoms with Crippen molar-refractivity contribution in [1.82, 2.24) is 9.88 Å². The van der Waals surface area contributed by atoms with Crippen LogP contribution < -0.4 is 4.74 Å². The first kappa shape index (κ1) is 22.3. The molecule has 2 heterocycles. The largest absolute Gasteiger partial charge is 0.493 e. The summed E-state index contributed by atoms with van der Waals surface area (Å²) >= 11 is 0. The summed E-state index contributed by atoms with van der Waals surface area (Å²) in [6, 6.07) is 3.04. The molecule has 28 heavy (non-hydrogen) atoms. The number of aliphatic hydroxyl groups is 1. The van der Waals surface area contributed by atoms with E-state index in [4.69, 9.17) is 18.9 Å². The first-order chi connectivity index (χ1) is 13.6. The molecule has 1 amide bonds. The van der Waals surface area contributed by atoms with E-state index in [1.165, 1.54) is 19.1 Å². The van der Waals surface area contributed by atoms with Crippen LogP contribution in [0.25, 0.3) is 0 Å². The van der Waals surface area contributed by atoms with Crippen LogP contribution in [0.15, 0.2) is 31.0 Å². The molecule has 8 heteroatoms. The number of likely N-dealkylation sites (tertiary alicyclic amines) is 1. The minimum Gasteiger partial charge on any atom is -0.493 e. The SMILES string of the molecule is C=CCCCCOc1ccnc(C[C@]2(OCOC)C(=O)N(COC)[C@H]2CO)c1. The Morgan fingerprint density at radius 2 is 2.18 bits per heavy atom. The number of aliphatic hydroxyl groups excluding tert-OH is 1. The van der Waals surface area contributed by atoms with Gasteiger partial charge in [0.1, 0.15) is 19.3 Å². The molecule has 1 aliphatic heterocycles. The average Bonchev–Trinajstić information content (AvgIpc) is 2.71. The molecule has 0 aromatic carbocycles. The van der Waals surface area contributed by atoms with Crippen molar-refractivity contribution in [3.8, 4) is 5.75 Å². The van der Waals surface area contributed by atoms with Crippen LogP contribution in [-0.2, 0) is 25.4 Å². The van der Waals surface area contributed by atoms with Gasteiger partial charge in [0.05, 0.1) is 19.3 Å². The molecular formula is C20H30N2O6. The van der Waals surface area contributed by atoms with Gasteiger partial charge in [0, 0.05) is 38.6 Å². The molecular weight excluding hydrogens is 364 g/mol. The molecule has 0 radical (unpaired) electrons. The van der Waals surface area contributed by atoms with E-state index in [-0.39, 0.29) is 32.5 Å². The zero-order valence-electron chi connectivity index (χ0n) is 16.6. The maximum atomic E-state index is 12.8. The monoisotopic (exact) mass is 394 g/mol. The molecule has 1 fully saturated rings. The number of carbonyl (C=O) groups is 1. The van der Waals surface area contributed by atoms with Gasteiger partial charge in [-0.3, -0.25) is 9.78 Å². The Kier molecular flexibility index (Phi) is 8.85. The van der Waals surface area contributed by atoms with Crippen LogP contribution in [0.2, 0.25) is 0 Å². The van der Waals surface area contributed by atoms with Gasteiger partial charge in [-0.15, -0.1) is 6.58 Å². The summed E-state index contributed by atoms with van der Waals surface area (Å²) in [6.07, 6.45) is 6.66. The summed E-state index contributed by atoms with van der Waals surface area (Å²) in [7, 11) is 2.98. The van der Waals surface area contributed by atoms with Gasteiger partial charge < -0.3 is 29.0 Å². The highest BCUT2D eigenvalue weighted by atomic mass is 16.7. The molecule has 1 aliphatic rings. The number of ether oxygens (including phenoxy) is 4. The van der Waals surface area contributed by atoms with Crippen molar-refractivity contribution >= 4 is 5.91 Å². The van der Waals surface area contributed by atoms with Crippen LogP contribution in [0.4, 0.5) is 0 Å². The molecule has 2 rings (SSSR count). The number of methoxy groups -OCH3 is 2. The Morgan fingerprint density at radius 3 is 2.86 bits per heavy atom. The van der Waals surface area contributed by atoms with E-state index in [9.17, 15) is 9.90 Å². The minimum atomic E-state index is -1.24. The quantitative estimate of drug-likeness (QED) is 0.221. The van der Waals surface area contributed by atoms with Crippen LogP contribution in [-0.4, -0.2) is 73.5 Å². The van der Waals surface area contributed by atoms with E-state index in [1.54, 1.807) is 18.3 Å². The zero-order valence-corrected chi connectivity index (χ0v) is 16.6. The van der Waals surface area contributed by atoms with Gasteiger partial charge in [0.15, 0.2) is 5.60 Å². The summed E-state index contributed by atoms with van der Waals surface area (Å²) in [6.45, 7) is 4.07. The van der Waals surface area contributed by atoms with E-state index in [0.717, 1.165) is 19.3 Å². The lowest BCUT2D eigenvalue weighted by atomic mass is 9.79. The Labute approximate surface area is 166 Å². The number of pyridine rings is 1. The van der Waals surface area contributed by atoms with Gasteiger partial charge in [0.2, 0.25) is 0 Å². The number of β-lactam (4-membered cyclic amide) rings is 1. The van der Waals surface area contributed by atoms with Gasteiger partial charge in [0.25, 0.3) is 5.91 Å². The van der Waals surface area contributed by atoms with Crippen molar-refractivity contribution in [2.24, 2.45) is 0 Å². The van der Waals surface area contributed by atoms with Crippen LogP contribution in [0.1, 0.15) is 25.0 Å². The summed E-state index contributed by atoms with van der Waals surface area (Å²) in [5.74, 6) is 0.426. The summed E-state index contributed by atoms with van der Waals surface area (Å²) in [5.41, 5.74) is -0.595. The molecule has 0 aliphatic carbocycles. The molecule has 1 saturated heterocycles. The highest BCUT2D eigenvalue weighted by molar-refractivity contribution is 5.93. The maximum Gasteiger partial charge on any atom is 0.259 e. The molecule has 1 aromatic heterocycles. The third kappa shape index (κ3) is 5.08. The number of amides is 1. The van der Waals surface area contributed by atoms with E-state index in [0.29, 0.717) is 18.1 Å². The predicted molar refractivity (Wildman–Crippen MR) is 103 cm³/mol. The smallest absolute Gasteiger partial charge is 0.259 e. The van der Waals surface area contributed by atoms with Crippen LogP contribution in [0.3, 0.4) is 0 Å². The van der Waals surface area contributed by atoms with E-state index in [1.807, 2.05) is 6.08 Å². The van der Waals surface area contributed by atoms with E-state index < -0.39 is 11.6 Å². The zero-order chi connectivity index (χ0) is 20.4. The molecule has 0 spiro atoms. The van der Waals surface area contributed by atoms with Crippen LogP contribution >= 0.6 is 0 Å². The lowest BCUT2D eigenvalue weighted by Crippen LogP contribution is -2.77. The first-order valence-electron chi connectivity index (χ1n) is 9.35. The third-order valence-corrected chi connectivity index (χ3v) is 4.72. The molecule has 1 aromatic rings. The second kappa shape index (κ2) is 11.1. The standard InChI is InChI=1S/C20H30N2O6/c1-4-5-6-7-10-27-17-8-9-21-16(11-17)12-20(28-15-26-3)18(13-23)22(14-25-2)19(20)24/h4,8-9,11,18,23H,1,5-7,10,12-15H2,2-3H3/t18-,20+/m0/s1. The number of hydrogen-bond acceptors (Lipinski definition) is 7. The maximum absolute atomic E-state index is 12.8. The normalized spacial score (nSPS) is 21.5. The van der Waals surface area contributed by atoms with Gasteiger partial charge in [-0.2, -0.15) is 0 Å². The fourth-order valence-corrected chi connectivity index (χ4v) is 3.31. The predicted octanol–water partition coefficient (Wildman–Crippen LogP) is 1.53. The Hall–Kier alpha value is -2.00. The molecule has 2 atom stereocenters. The van der Waals surface area contributed by atoms with Crippen molar-refractivity contribution in [1.29, 1.82) is 0 Å². The molecule has 8 nitrogen and oxygen atoms in total. The van der Waals surface area contributed by atoms with Crippen molar-refractivity contribution < 1.29 is 28.8 Å².